The summed E-state index contributed by atoms with van der Waals surface area (Å²) in [4.78, 5) is 36.6. The summed E-state index contributed by atoms with van der Waals surface area (Å²) in [6, 6.07) is 8.23. The first-order valence-electron chi connectivity index (χ1n) is 7.50. The van der Waals surface area contributed by atoms with Crippen LogP contribution in [0.1, 0.15) is 20.3 Å². The molecule has 0 radical (unpaired) electrons. The van der Waals surface area contributed by atoms with Crippen LogP contribution in [-0.4, -0.2) is 36.9 Å². The summed E-state index contributed by atoms with van der Waals surface area (Å²) < 4.78 is 0. The molecule has 0 heterocycles. The Kier molecular flexibility index (Phi) is 7.21. The van der Waals surface area contributed by atoms with Gasteiger partial charge in [-0.15, -0.1) is 0 Å². The Morgan fingerprint density at radius 1 is 1.17 bits per heavy atom. The fourth-order valence-electron chi connectivity index (χ4n) is 1.91. The molecular weight excluding hydrogens is 296 g/mol. The molecular formula is C16H24N4O3. The van der Waals surface area contributed by atoms with Crippen LogP contribution in [-0.2, 0) is 14.4 Å². The molecule has 0 aliphatic heterocycles. The van der Waals surface area contributed by atoms with Crippen LogP contribution >= 0.6 is 0 Å². The Hall–Kier alpha value is -2.41. The molecule has 0 aliphatic carbocycles. The largest absolute Gasteiger partial charge is 0.370 e. The van der Waals surface area contributed by atoms with Crippen LogP contribution in [0, 0.1) is 5.92 Å². The van der Waals surface area contributed by atoms with Gasteiger partial charge in [0.25, 0.3) is 0 Å². The number of hydrogen-bond donors (Lipinski definition) is 3. The third-order valence-electron chi connectivity index (χ3n) is 3.39. The van der Waals surface area contributed by atoms with E-state index < -0.39 is 11.9 Å². The van der Waals surface area contributed by atoms with Gasteiger partial charge in [-0.25, -0.2) is 0 Å². The van der Waals surface area contributed by atoms with E-state index in [1.54, 1.807) is 24.3 Å². The third-order valence-corrected chi connectivity index (χ3v) is 3.39. The summed E-state index contributed by atoms with van der Waals surface area (Å²) in [5, 5.41) is 2.53. The maximum absolute atomic E-state index is 12.4. The number of anilines is 1. The zero-order valence-corrected chi connectivity index (χ0v) is 13.5. The molecule has 1 rings (SSSR count). The molecule has 1 aromatic carbocycles. The highest BCUT2D eigenvalue weighted by molar-refractivity contribution is 5.97. The first kappa shape index (κ1) is 18.6. The standard InChI is InChI=1S/C16H24N4O3/c1-11(2)15(18)16(23)19-10-14(22)20(9-8-13(17)21)12-6-4-3-5-7-12/h3-7,11,15H,8-10,18H2,1-2H3,(H2,17,21)(H,19,23)/t15-/m0/s1. The molecule has 0 aliphatic rings. The van der Waals surface area contributed by atoms with E-state index >= 15 is 0 Å². The molecule has 126 valence electrons. The van der Waals surface area contributed by atoms with E-state index in [4.69, 9.17) is 11.5 Å². The number of rotatable bonds is 8. The van der Waals surface area contributed by atoms with Crippen molar-refractivity contribution in [3.8, 4) is 0 Å². The molecule has 5 N–H and O–H groups in total. The lowest BCUT2D eigenvalue weighted by atomic mass is 10.1. The van der Waals surface area contributed by atoms with E-state index in [0.717, 1.165) is 0 Å². The van der Waals surface area contributed by atoms with Crippen molar-refractivity contribution < 1.29 is 14.4 Å². The van der Waals surface area contributed by atoms with Crippen LogP contribution in [0.15, 0.2) is 30.3 Å². The minimum absolute atomic E-state index is 0.0230. The SMILES string of the molecule is CC(C)[C@H](N)C(=O)NCC(=O)N(CCC(N)=O)c1ccccc1. The minimum Gasteiger partial charge on any atom is -0.370 e. The van der Waals surface area contributed by atoms with Gasteiger partial charge in [0.15, 0.2) is 0 Å². The number of para-hydroxylation sites is 1. The molecule has 23 heavy (non-hydrogen) atoms. The Bertz CT molecular complexity index is 546. The van der Waals surface area contributed by atoms with Crippen LogP contribution in [0.25, 0.3) is 0 Å². The quantitative estimate of drug-likeness (QED) is 0.624. The maximum atomic E-state index is 12.4. The molecule has 0 saturated heterocycles. The average molecular weight is 320 g/mol. The summed E-state index contributed by atoms with van der Waals surface area (Å²) in [6.07, 6.45) is 0.0418. The average Bonchev–Trinajstić information content (AvgIpc) is 2.52. The fraction of sp³-hybridized carbons (Fsp3) is 0.438. The highest BCUT2D eigenvalue weighted by Gasteiger charge is 2.20. The van der Waals surface area contributed by atoms with Gasteiger partial charge in [0, 0.05) is 18.7 Å². The molecule has 7 nitrogen and oxygen atoms in total. The number of carbonyl (C=O) groups excluding carboxylic acids is 3. The Balaban J connectivity index is 2.72. The fourth-order valence-corrected chi connectivity index (χ4v) is 1.91. The lowest BCUT2D eigenvalue weighted by Gasteiger charge is -2.23. The summed E-state index contributed by atoms with van der Waals surface area (Å²) in [5.74, 6) is -1.23. The lowest BCUT2D eigenvalue weighted by molar-refractivity contribution is -0.126. The summed E-state index contributed by atoms with van der Waals surface area (Å²) >= 11 is 0. The molecule has 0 saturated carbocycles. The van der Waals surface area contributed by atoms with Gasteiger partial charge in [0.2, 0.25) is 17.7 Å². The van der Waals surface area contributed by atoms with Crippen molar-refractivity contribution in [3.63, 3.8) is 0 Å². The molecule has 1 aromatic rings. The topological polar surface area (TPSA) is 119 Å². The smallest absolute Gasteiger partial charge is 0.246 e. The number of hydrogen-bond acceptors (Lipinski definition) is 4. The zero-order chi connectivity index (χ0) is 17.4. The molecule has 0 aromatic heterocycles. The Morgan fingerprint density at radius 2 is 1.78 bits per heavy atom. The number of nitrogens with zero attached hydrogens (tertiary/aromatic N) is 1. The van der Waals surface area contributed by atoms with Crippen molar-refractivity contribution in [3.05, 3.63) is 30.3 Å². The molecule has 7 heteroatoms. The minimum atomic E-state index is -0.668. The number of primary amides is 1. The van der Waals surface area contributed by atoms with Crippen LogP contribution in [0.5, 0.6) is 0 Å². The van der Waals surface area contributed by atoms with Crippen LogP contribution in [0.4, 0.5) is 5.69 Å². The number of benzene rings is 1. The van der Waals surface area contributed by atoms with Gasteiger partial charge in [-0.1, -0.05) is 32.0 Å². The molecule has 0 fully saturated rings. The van der Waals surface area contributed by atoms with Gasteiger partial charge in [-0.05, 0) is 18.1 Å². The van der Waals surface area contributed by atoms with Gasteiger partial charge in [0.05, 0.1) is 12.6 Å². The molecule has 1 atom stereocenters. The highest BCUT2D eigenvalue weighted by atomic mass is 16.2. The third kappa shape index (κ3) is 6.07. The van der Waals surface area contributed by atoms with E-state index in [1.807, 2.05) is 19.9 Å². The van der Waals surface area contributed by atoms with Gasteiger partial charge in [-0.2, -0.15) is 0 Å². The van der Waals surface area contributed by atoms with Crippen molar-refractivity contribution in [2.75, 3.05) is 18.0 Å². The van der Waals surface area contributed by atoms with Crippen molar-refractivity contribution in [2.24, 2.45) is 17.4 Å². The number of nitrogens with one attached hydrogen (secondary N) is 1. The molecule has 0 bridgehead atoms. The van der Waals surface area contributed by atoms with E-state index in [0.29, 0.717) is 5.69 Å². The van der Waals surface area contributed by atoms with Gasteiger partial charge in [-0.3, -0.25) is 14.4 Å². The molecule has 3 amide bonds. The first-order valence-corrected chi connectivity index (χ1v) is 7.50. The van der Waals surface area contributed by atoms with Gasteiger partial charge >= 0.3 is 0 Å². The van der Waals surface area contributed by atoms with E-state index in [-0.39, 0.29) is 37.2 Å². The summed E-state index contributed by atoms with van der Waals surface area (Å²) in [7, 11) is 0. The molecule has 0 spiro atoms. The highest BCUT2D eigenvalue weighted by Crippen LogP contribution is 2.13. The number of carbonyl (C=O) groups is 3. The van der Waals surface area contributed by atoms with Gasteiger partial charge < -0.3 is 21.7 Å². The van der Waals surface area contributed by atoms with Crippen LogP contribution in [0.3, 0.4) is 0 Å². The summed E-state index contributed by atoms with van der Waals surface area (Å²) in [6.45, 7) is 3.63. The van der Waals surface area contributed by atoms with Crippen molar-refractivity contribution in [2.45, 2.75) is 26.3 Å². The number of nitrogens with two attached hydrogens (primary N) is 2. The van der Waals surface area contributed by atoms with Crippen LogP contribution in [0.2, 0.25) is 0 Å². The second kappa shape index (κ2) is 8.89. The normalized spacial score (nSPS) is 11.8. The molecule has 0 unspecified atom stereocenters. The maximum Gasteiger partial charge on any atom is 0.246 e. The van der Waals surface area contributed by atoms with Crippen molar-refractivity contribution >= 4 is 23.4 Å². The number of amides is 3. The van der Waals surface area contributed by atoms with Crippen LogP contribution < -0.4 is 21.7 Å². The Morgan fingerprint density at radius 3 is 2.30 bits per heavy atom. The Labute approximate surface area is 136 Å². The van der Waals surface area contributed by atoms with E-state index in [1.165, 1.54) is 4.90 Å². The predicted octanol–water partition coefficient (Wildman–Crippen LogP) is -0.00550. The van der Waals surface area contributed by atoms with Crippen molar-refractivity contribution in [1.29, 1.82) is 0 Å². The second-order valence-electron chi connectivity index (χ2n) is 5.58. The van der Waals surface area contributed by atoms with Crippen molar-refractivity contribution in [1.82, 2.24) is 5.32 Å². The first-order chi connectivity index (χ1) is 10.8. The monoisotopic (exact) mass is 320 g/mol. The predicted molar refractivity (Wildman–Crippen MR) is 88.4 cm³/mol. The zero-order valence-electron chi connectivity index (χ0n) is 13.5. The van der Waals surface area contributed by atoms with E-state index in [2.05, 4.69) is 5.32 Å². The summed E-state index contributed by atoms with van der Waals surface area (Å²) in [5.41, 5.74) is 11.5. The van der Waals surface area contributed by atoms with E-state index in [9.17, 15) is 14.4 Å². The lowest BCUT2D eigenvalue weighted by Crippen LogP contribution is -2.48. The second-order valence-corrected chi connectivity index (χ2v) is 5.58. The van der Waals surface area contributed by atoms with Gasteiger partial charge in [0.1, 0.15) is 0 Å².